The lowest BCUT2D eigenvalue weighted by atomic mass is 10.0. The van der Waals surface area contributed by atoms with E-state index in [-0.39, 0.29) is 5.11 Å². The van der Waals surface area contributed by atoms with Crippen LogP contribution in [0.4, 0.5) is 5.69 Å². The number of ether oxygens (including phenoxy) is 3. The van der Waals surface area contributed by atoms with Crippen LogP contribution in [0.3, 0.4) is 0 Å². The van der Waals surface area contributed by atoms with Crippen LogP contribution in [0.25, 0.3) is 33.7 Å². The van der Waals surface area contributed by atoms with Gasteiger partial charge >= 0.3 is 0 Å². The van der Waals surface area contributed by atoms with Crippen molar-refractivity contribution in [3.05, 3.63) is 90.5 Å². The lowest BCUT2D eigenvalue weighted by Gasteiger charge is -2.17. The molecule has 2 N–H and O–H groups in total. The summed E-state index contributed by atoms with van der Waals surface area (Å²) in [6, 6.07) is 26.9. The predicted molar refractivity (Wildman–Crippen MR) is 169 cm³/mol. The Bertz CT molecular complexity index is 1670. The quantitative estimate of drug-likeness (QED) is 0.164. The first kappa shape index (κ1) is 28.6. The molecular weight excluding hydrogens is 550 g/mol. The van der Waals surface area contributed by atoms with E-state index in [0.29, 0.717) is 65.3 Å². The van der Waals surface area contributed by atoms with Crippen LogP contribution in [0.1, 0.15) is 31.1 Å². The van der Waals surface area contributed by atoms with E-state index in [2.05, 4.69) is 27.8 Å². The number of oxazole rings is 1. The Hall–Kier alpha value is -4.89. The van der Waals surface area contributed by atoms with Gasteiger partial charge in [-0.25, -0.2) is 4.98 Å². The molecule has 5 aromatic rings. The summed E-state index contributed by atoms with van der Waals surface area (Å²) < 4.78 is 23.2. The van der Waals surface area contributed by atoms with Crippen LogP contribution in [-0.4, -0.2) is 35.8 Å². The van der Waals surface area contributed by atoms with E-state index in [4.69, 9.17) is 30.8 Å². The van der Waals surface area contributed by atoms with Crippen molar-refractivity contribution in [3.8, 4) is 39.8 Å². The van der Waals surface area contributed by atoms with E-state index in [0.717, 1.165) is 16.7 Å². The molecule has 0 atom stereocenters. The van der Waals surface area contributed by atoms with Crippen LogP contribution in [0.5, 0.6) is 17.2 Å². The van der Waals surface area contributed by atoms with Crippen LogP contribution in [0.15, 0.2) is 89.3 Å². The van der Waals surface area contributed by atoms with Crippen molar-refractivity contribution in [2.75, 3.05) is 25.1 Å². The third kappa shape index (κ3) is 6.53. The minimum atomic E-state index is -0.416. The van der Waals surface area contributed by atoms with E-state index < -0.39 is 5.91 Å². The molecule has 0 bridgehead atoms. The highest BCUT2D eigenvalue weighted by Gasteiger charge is 2.19. The smallest absolute Gasteiger partial charge is 0.257 e. The number of anilines is 1. The first-order valence-corrected chi connectivity index (χ1v) is 14.1. The van der Waals surface area contributed by atoms with E-state index in [9.17, 15) is 4.79 Å². The number of thiocarbonyl (C=S) groups is 1. The first-order chi connectivity index (χ1) is 20.5. The van der Waals surface area contributed by atoms with Crippen LogP contribution in [0.2, 0.25) is 0 Å². The van der Waals surface area contributed by atoms with Gasteiger partial charge in [-0.1, -0.05) is 42.5 Å². The number of nitrogens with one attached hydrogen (secondary N) is 2. The zero-order valence-corrected chi connectivity index (χ0v) is 24.4. The predicted octanol–water partition coefficient (Wildman–Crippen LogP) is 7.48. The van der Waals surface area contributed by atoms with Gasteiger partial charge in [0.05, 0.1) is 19.8 Å². The minimum absolute atomic E-state index is 0.129. The average Bonchev–Trinajstić information content (AvgIpc) is 3.43. The van der Waals surface area contributed by atoms with Crippen LogP contribution < -0.4 is 24.8 Å². The number of hydrogen-bond donors (Lipinski definition) is 2. The summed E-state index contributed by atoms with van der Waals surface area (Å²) in [6.45, 7) is 6.83. The van der Waals surface area contributed by atoms with Crippen LogP contribution in [-0.2, 0) is 0 Å². The third-order valence-electron chi connectivity index (χ3n) is 6.28. The molecule has 0 saturated carbocycles. The molecule has 1 amide bonds. The molecule has 8 nitrogen and oxygen atoms in total. The second kappa shape index (κ2) is 13.2. The highest BCUT2D eigenvalue weighted by atomic mass is 32.1. The second-order valence-corrected chi connectivity index (χ2v) is 9.56. The van der Waals surface area contributed by atoms with Gasteiger partial charge in [-0.3, -0.25) is 10.1 Å². The Labute approximate surface area is 249 Å². The summed E-state index contributed by atoms with van der Waals surface area (Å²) in [5.41, 5.74) is 5.41. The van der Waals surface area contributed by atoms with E-state index in [1.807, 2.05) is 81.4 Å². The highest BCUT2D eigenvalue weighted by Crippen LogP contribution is 2.39. The van der Waals surface area contributed by atoms with Gasteiger partial charge in [-0.2, -0.15) is 0 Å². The van der Waals surface area contributed by atoms with Gasteiger partial charge in [-0.15, -0.1) is 0 Å². The summed E-state index contributed by atoms with van der Waals surface area (Å²) >= 11 is 5.43. The molecule has 0 radical (unpaired) electrons. The van der Waals surface area contributed by atoms with Crippen molar-refractivity contribution in [2.24, 2.45) is 0 Å². The molecule has 0 fully saturated rings. The maximum atomic E-state index is 13.1. The van der Waals surface area contributed by atoms with Crippen molar-refractivity contribution >= 4 is 40.0 Å². The summed E-state index contributed by atoms with van der Waals surface area (Å²) in [5.74, 6) is 1.42. The number of rotatable bonds is 10. The third-order valence-corrected chi connectivity index (χ3v) is 6.49. The van der Waals surface area contributed by atoms with Crippen molar-refractivity contribution in [1.29, 1.82) is 0 Å². The van der Waals surface area contributed by atoms with Gasteiger partial charge in [0.15, 0.2) is 22.2 Å². The molecular formula is C33H31N3O5S. The topological polar surface area (TPSA) is 94.9 Å². The molecule has 1 aromatic heterocycles. The molecule has 0 unspecified atom stereocenters. The van der Waals surface area contributed by atoms with E-state index >= 15 is 0 Å². The monoisotopic (exact) mass is 581 g/mol. The average molecular weight is 582 g/mol. The number of nitrogens with zero attached hydrogens (tertiary/aromatic N) is 1. The minimum Gasteiger partial charge on any atom is -0.490 e. The molecule has 0 spiro atoms. The number of aromatic nitrogens is 1. The van der Waals surface area contributed by atoms with Gasteiger partial charge in [0.1, 0.15) is 5.52 Å². The Morgan fingerprint density at radius 2 is 1.40 bits per heavy atom. The Balaban J connectivity index is 1.29. The number of amides is 1. The normalized spacial score (nSPS) is 10.7. The van der Waals surface area contributed by atoms with E-state index in [1.165, 1.54) is 0 Å². The van der Waals surface area contributed by atoms with Crippen LogP contribution in [0, 0.1) is 0 Å². The molecule has 5 rings (SSSR count). The fraction of sp³-hybridized carbons (Fsp3) is 0.182. The maximum absolute atomic E-state index is 13.1. The summed E-state index contributed by atoms with van der Waals surface area (Å²) in [5, 5.41) is 5.90. The number of benzene rings is 4. The fourth-order valence-electron chi connectivity index (χ4n) is 4.42. The lowest BCUT2D eigenvalue weighted by Crippen LogP contribution is -2.34. The molecule has 0 aliphatic heterocycles. The molecule has 1 heterocycles. The maximum Gasteiger partial charge on any atom is 0.257 e. The Morgan fingerprint density at radius 3 is 2.05 bits per heavy atom. The Morgan fingerprint density at radius 1 is 0.786 bits per heavy atom. The fourth-order valence-corrected chi connectivity index (χ4v) is 4.63. The summed E-state index contributed by atoms with van der Waals surface area (Å²) in [6.07, 6.45) is 0. The Kier molecular flexibility index (Phi) is 8.99. The van der Waals surface area contributed by atoms with Crippen molar-refractivity contribution in [2.45, 2.75) is 20.8 Å². The molecule has 214 valence electrons. The SMILES string of the molecule is CCOc1cc(C(=O)NC(=S)Nc2ccc3oc(-c4ccc(-c5ccccc5)cc4)nc3c2)cc(OCC)c1OCC. The van der Waals surface area contributed by atoms with Gasteiger partial charge < -0.3 is 23.9 Å². The van der Waals surface area contributed by atoms with Gasteiger partial charge in [0, 0.05) is 16.8 Å². The zero-order chi connectivity index (χ0) is 29.5. The van der Waals surface area contributed by atoms with Crippen molar-refractivity contribution in [3.63, 3.8) is 0 Å². The zero-order valence-electron chi connectivity index (χ0n) is 23.6. The first-order valence-electron chi connectivity index (χ1n) is 13.7. The summed E-state index contributed by atoms with van der Waals surface area (Å²) in [7, 11) is 0. The summed E-state index contributed by atoms with van der Waals surface area (Å²) in [4.78, 5) is 17.8. The van der Waals surface area contributed by atoms with Gasteiger partial charge in [-0.05, 0) is 86.6 Å². The molecule has 9 heteroatoms. The van der Waals surface area contributed by atoms with E-state index in [1.54, 1.807) is 12.1 Å². The lowest BCUT2D eigenvalue weighted by molar-refractivity contribution is 0.0976. The largest absolute Gasteiger partial charge is 0.490 e. The molecule has 0 aliphatic carbocycles. The second-order valence-electron chi connectivity index (χ2n) is 9.15. The van der Waals surface area contributed by atoms with Gasteiger partial charge in [0.2, 0.25) is 11.6 Å². The van der Waals surface area contributed by atoms with Gasteiger partial charge in [0.25, 0.3) is 5.91 Å². The van der Waals surface area contributed by atoms with Crippen molar-refractivity contribution < 1.29 is 23.4 Å². The number of hydrogen-bond acceptors (Lipinski definition) is 7. The van der Waals surface area contributed by atoms with Crippen molar-refractivity contribution in [1.82, 2.24) is 10.3 Å². The number of carbonyl (C=O) groups is 1. The molecule has 0 saturated heterocycles. The standard InChI is InChI=1S/C33H31N3O5S/c1-4-38-28-18-24(19-29(39-5-2)30(28)40-6-3)31(37)36-33(42)34-25-16-17-27-26(20-25)35-32(41-27)23-14-12-22(13-15-23)21-10-8-7-9-11-21/h7-20H,4-6H2,1-3H3,(H2,34,36,37,42). The highest BCUT2D eigenvalue weighted by molar-refractivity contribution is 7.80. The molecule has 4 aromatic carbocycles. The number of carbonyl (C=O) groups excluding carboxylic acids is 1. The molecule has 42 heavy (non-hydrogen) atoms. The number of fused-ring (bicyclic) bond motifs is 1. The van der Waals surface area contributed by atoms with Crippen LogP contribution >= 0.6 is 12.2 Å². The molecule has 0 aliphatic rings.